The van der Waals surface area contributed by atoms with Crippen LogP contribution in [0.5, 0.6) is 0 Å². The summed E-state index contributed by atoms with van der Waals surface area (Å²) < 4.78 is 36.5. The molecule has 0 aromatic heterocycles. The maximum atomic E-state index is 12.2. The molecule has 0 saturated carbocycles. The van der Waals surface area contributed by atoms with Gasteiger partial charge in [-0.15, -0.1) is 0 Å². The molecule has 0 radical (unpaired) electrons. The van der Waals surface area contributed by atoms with Crippen molar-refractivity contribution in [2.24, 2.45) is 0 Å². The molecule has 1 aromatic rings. The lowest BCUT2D eigenvalue weighted by Gasteiger charge is -2.27. The van der Waals surface area contributed by atoms with Crippen LogP contribution in [0.15, 0.2) is 29.2 Å². The predicted molar refractivity (Wildman–Crippen MR) is 71.0 cm³/mol. The molecule has 1 unspecified atom stereocenters. The topological polar surface area (TPSA) is 32.3 Å². The summed E-state index contributed by atoms with van der Waals surface area (Å²) in [5.41, 5.74) is -3.73. The summed E-state index contributed by atoms with van der Waals surface area (Å²) in [6.07, 6.45) is 0.769. The first kappa shape index (κ1) is 16.3. The average molecular weight is 293 g/mol. The quantitative estimate of drug-likeness (QED) is 0.787. The largest absolute Gasteiger partial charge is 0.446 e. The maximum absolute atomic E-state index is 12.2. The van der Waals surface area contributed by atoms with Gasteiger partial charge in [0.1, 0.15) is 0 Å². The number of halogens is 3. The summed E-state index contributed by atoms with van der Waals surface area (Å²) >= 11 is -0.118. The second-order valence-electron chi connectivity index (χ2n) is 4.62. The molecule has 1 atom stereocenters. The molecule has 0 aliphatic heterocycles. The number of benzene rings is 1. The van der Waals surface area contributed by atoms with Crippen molar-refractivity contribution in [2.45, 2.75) is 42.8 Å². The number of nitrogens with one attached hydrogen (secondary N) is 1. The van der Waals surface area contributed by atoms with Crippen LogP contribution in [0.25, 0.3) is 0 Å². The van der Waals surface area contributed by atoms with E-state index in [1.165, 1.54) is 12.1 Å². The SMILES string of the molecule is CCC(C)(CO)NCc1ccc(SC(F)(F)F)cc1. The molecule has 0 aliphatic rings. The van der Waals surface area contributed by atoms with Gasteiger partial charge in [-0.05, 0) is 42.8 Å². The first-order valence-electron chi connectivity index (χ1n) is 5.98. The van der Waals surface area contributed by atoms with E-state index in [9.17, 15) is 18.3 Å². The number of hydrogen-bond acceptors (Lipinski definition) is 3. The highest BCUT2D eigenvalue weighted by Gasteiger charge is 2.29. The minimum Gasteiger partial charge on any atom is -0.394 e. The Balaban J connectivity index is 2.58. The van der Waals surface area contributed by atoms with Crippen molar-refractivity contribution in [2.75, 3.05) is 6.61 Å². The Morgan fingerprint density at radius 2 is 1.79 bits per heavy atom. The highest BCUT2D eigenvalue weighted by atomic mass is 32.2. The zero-order valence-corrected chi connectivity index (χ0v) is 11.7. The molecule has 6 heteroatoms. The third kappa shape index (κ3) is 5.84. The Kier molecular flexibility index (Phi) is 5.70. The fraction of sp³-hybridized carbons (Fsp3) is 0.538. The molecular weight excluding hydrogens is 275 g/mol. The van der Waals surface area contributed by atoms with Gasteiger partial charge in [0.2, 0.25) is 0 Å². The zero-order chi connectivity index (χ0) is 14.5. The standard InChI is InChI=1S/C13H18F3NOS/c1-3-12(2,9-18)17-8-10-4-6-11(7-5-10)19-13(14,15)16/h4-7,17-18H,3,8-9H2,1-2H3. The fourth-order valence-corrected chi connectivity index (χ4v) is 1.96. The van der Waals surface area contributed by atoms with Crippen molar-refractivity contribution >= 4 is 11.8 Å². The van der Waals surface area contributed by atoms with Gasteiger partial charge in [-0.3, -0.25) is 0 Å². The molecule has 0 aliphatic carbocycles. The number of thioether (sulfide) groups is 1. The van der Waals surface area contributed by atoms with Crippen molar-refractivity contribution in [1.29, 1.82) is 0 Å². The summed E-state index contributed by atoms with van der Waals surface area (Å²) in [4.78, 5) is 0.177. The van der Waals surface area contributed by atoms with Gasteiger partial charge < -0.3 is 10.4 Å². The van der Waals surface area contributed by atoms with Crippen LogP contribution in [0.1, 0.15) is 25.8 Å². The first-order chi connectivity index (χ1) is 8.78. The zero-order valence-electron chi connectivity index (χ0n) is 10.9. The van der Waals surface area contributed by atoms with Crippen molar-refractivity contribution in [3.8, 4) is 0 Å². The molecule has 1 aromatic carbocycles. The van der Waals surface area contributed by atoms with Crippen LogP contribution in [-0.4, -0.2) is 22.8 Å². The van der Waals surface area contributed by atoms with Gasteiger partial charge in [-0.1, -0.05) is 19.1 Å². The molecule has 2 N–H and O–H groups in total. The highest BCUT2D eigenvalue weighted by molar-refractivity contribution is 8.00. The smallest absolute Gasteiger partial charge is 0.394 e. The van der Waals surface area contributed by atoms with Crippen LogP contribution in [-0.2, 0) is 6.54 Å². The van der Waals surface area contributed by atoms with Crippen molar-refractivity contribution < 1.29 is 18.3 Å². The fourth-order valence-electron chi connectivity index (χ4n) is 1.42. The van der Waals surface area contributed by atoms with E-state index in [1.54, 1.807) is 12.1 Å². The Morgan fingerprint density at radius 3 is 2.21 bits per heavy atom. The minimum absolute atomic E-state index is 0.0194. The molecule has 0 bridgehead atoms. The molecule has 108 valence electrons. The Morgan fingerprint density at radius 1 is 1.21 bits per heavy atom. The molecule has 2 nitrogen and oxygen atoms in total. The maximum Gasteiger partial charge on any atom is 0.446 e. The molecule has 0 amide bonds. The van der Waals surface area contributed by atoms with Crippen LogP contribution in [0.3, 0.4) is 0 Å². The van der Waals surface area contributed by atoms with Gasteiger partial charge in [0.05, 0.1) is 6.61 Å². The lowest BCUT2D eigenvalue weighted by atomic mass is 10.00. The van der Waals surface area contributed by atoms with Crippen LogP contribution in [0.4, 0.5) is 13.2 Å². The third-order valence-electron chi connectivity index (χ3n) is 3.01. The molecule has 0 fully saturated rings. The molecule has 1 rings (SSSR count). The van der Waals surface area contributed by atoms with Crippen LogP contribution in [0, 0.1) is 0 Å². The van der Waals surface area contributed by atoms with Gasteiger partial charge in [-0.2, -0.15) is 13.2 Å². The molecule has 0 saturated heterocycles. The lowest BCUT2D eigenvalue weighted by Crippen LogP contribution is -2.44. The third-order valence-corrected chi connectivity index (χ3v) is 3.74. The Hall–Kier alpha value is -0.720. The first-order valence-corrected chi connectivity index (χ1v) is 6.80. The van der Waals surface area contributed by atoms with Crippen molar-refractivity contribution in [1.82, 2.24) is 5.32 Å². The van der Waals surface area contributed by atoms with E-state index in [4.69, 9.17) is 0 Å². The number of alkyl halides is 3. The summed E-state index contributed by atoms with van der Waals surface area (Å²) in [6.45, 7) is 4.40. The summed E-state index contributed by atoms with van der Waals surface area (Å²) in [7, 11) is 0. The second kappa shape index (κ2) is 6.63. The predicted octanol–water partition coefficient (Wildman–Crippen LogP) is 3.55. The van der Waals surface area contributed by atoms with Gasteiger partial charge in [0.15, 0.2) is 0 Å². The Bertz CT molecular complexity index is 388. The number of aliphatic hydroxyl groups is 1. The van der Waals surface area contributed by atoms with E-state index in [2.05, 4.69) is 5.32 Å². The Labute approximate surface area is 115 Å². The number of hydrogen-bond donors (Lipinski definition) is 2. The van der Waals surface area contributed by atoms with Crippen molar-refractivity contribution in [3.63, 3.8) is 0 Å². The average Bonchev–Trinajstić information content (AvgIpc) is 2.36. The second-order valence-corrected chi connectivity index (χ2v) is 5.76. The monoisotopic (exact) mass is 293 g/mol. The summed E-state index contributed by atoms with van der Waals surface area (Å²) in [5, 5.41) is 12.4. The van der Waals surface area contributed by atoms with Crippen LogP contribution >= 0.6 is 11.8 Å². The molecule has 0 heterocycles. The van der Waals surface area contributed by atoms with Gasteiger partial charge in [0.25, 0.3) is 0 Å². The molecule has 19 heavy (non-hydrogen) atoms. The summed E-state index contributed by atoms with van der Waals surface area (Å²) in [5.74, 6) is 0. The van der Waals surface area contributed by atoms with Crippen LogP contribution < -0.4 is 5.32 Å². The van der Waals surface area contributed by atoms with Gasteiger partial charge in [-0.25, -0.2) is 0 Å². The highest BCUT2D eigenvalue weighted by Crippen LogP contribution is 2.36. The summed E-state index contributed by atoms with van der Waals surface area (Å²) in [6, 6.07) is 6.23. The number of rotatable bonds is 6. The van der Waals surface area contributed by atoms with E-state index >= 15 is 0 Å². The normalized spacial score (nSPS) is 15.3. The van der Waals surface area contributed by atoms with E-state index in [-0.39, 0.29) is 28.8 Å². The van der Waals surface area contributed by atoms with E-state index in [0.717, 1.165) is 12.0 Å². The van der Waals surface area contributed by atoms with E-state index in [1.807, 2.05) is 13.8 Å². The lowest BCUT2D eigenvalue weighted by molar-refractivity contribution is -0.0328. The molecular formula is C13H18F3NOS. The minimum atomic E-state index is -4.25. The molecule has 0 spiro atoms. The number of aliphatic hydroxyl groups excluding tert-OH is 1. The van der Waals surface area contributed by atoms with E-state index < -0.39 is 5.51 Å². The van der Waals surface area contributed by atoms with Crippen LogP contribution in [0.2, 0.25) is 0 Å². The van der Waals surface area contributed by atoms with Gasteiger partial charge in [0, 0.05) is 17.0 Å². The van der Waals surface area contributed by atoms with E-state index in [0.29, 0.717) is 6.54 Å². The van der Waals surface area contributed by atoms with Gasteiger partial charge >= 0.3 is 5.51 Å². The van der Waals surface area contributed by atoms with Crippen molar-refractivity contribution in [3.05, 3.63) is 29.8 Å².